The number of nitrogens with one attached hydrogen (secondary N) is 1. The number of hydrogen-bond donors (Lipinski definition) is 2. The highest BCUT2D eigenvalue weighted by Crippen LogP contribution is 2.12. The van der Waals surface area contributed by atoms with Crippen molar-refractivity contribution < 1.29 is 4.79 Å². The second kappa shape index (κ2) is 3.40. The van der Waals surface area contributed by atoms with Crippen molar-refractivity contribution in [1.82, 2.24) is 15.0 Å². The van der Waals surface area contributed by atoms with Gasteiger partial charge in [-0.2, -0.15) is 0 Å². The van der Waals surface area contributed by atoms with Crippen molar-refractivity contribution >= 4 is 29.3 Å². The first-order valence-corrected chi connectivity index (χ1v) is 3.36. The van der Waals surface area contributed by atoms with Crippen LogP contribution in [0.5, 0.6) is 0 Å². The first kappa shape index (κ1) is 9.47. The van der Waals surface area contributed by atoms with Gasteiger partial charge < -0.3 is 10.7 Å². The maximum atomic E-state index is 10.8. The van der Waals surface area contributed by atoms with Crippen LogP contribution < -0.4 is 5.73 Å². The zero-order valence-electron chi connectivity index (χ0n) is 6.52. The number of hydrogen-bond acceptors (Lipinski definition) is 3. The normalized spacial score (nSPS) is 9.54. The summed E-state index contributed by atoms with van der Waals surface area (Å²) in [7, 11) is 0. The van der Waals surface area contributed by atoms with Crippen LogP contribution >= 0.6 is 12.4 Å². The molecule has 0 aliphatic rings. The third kappa shape index (κ3) is 1.46. The van der Waals surface area contributed by atoms with Gasteiger partial charge in [0.05, 0.1) is 5.56 Å². The molecule has 0 fully saturated rings. The largest absolute Gasteiger partial charge is 0.366 e. The second-order valence-electron chi connectivity index (χ2n) is 2.35. The van der Waals surface area contributed by atoms with Gasteiger partial charge in [0.1, 0.15) is 12.0 Å². The van der Waals surface area contributed by atoms with Crippen molar-refractivity contribution in [1.29, 1.82) is 0 Å². The molecular formula is C7H7ClN4O. The highest BCUT2D eigenvalue weighted by molar-refractivity contribution is 6.04. The van der Waals surface area contributed by atoms with E-state index in [9.17, 15) is 4.79 Å². The molecule has 0 unspecified atom stereocenters. The molecule has 0 bridgehead atoms. The fourth-order valence-corrected chi connectivity index (χ4v) is 1.06. The van der Waals surface area contributed by atoms with E-state index in [0.717, 1.165) is 0 Å². The molecule has 1 amide bonds. The Bertz CT molecular complexity index is 439. The summed E-state index contributed by atoms with van der Waals surface area (Å²) >= 11 is 0. The number of fused-ring (bicyclic) bond motifs is 1. The lowest BCUT2D eigenvalue weighted by Crippen LogP contribution is -2.09. The van der Waals surface area contributed by atoms with E-state index < -0.39 is 5.91 Å². The van der Waals surface area contributed by atoms with E-state index in [1.54, 1.807) is 6.20 Å². The maximum Gasteiger partial charge on any atom is 0.250 e. The van der Waals surface area contributed by atoms with Crippen LogP contribution in [0.3, 0.4) is 0 Å². The van der Waals surface area contributed by atoms with E-state index in [1.165, 1.54) is 12.5 Å². The Balaban J connectivity index is 0.000000845. The fourth-order valence-electron chi connectivity index (χ4n) is 1.06. The van der Waals surface area contributed by atoms with Crippen molar-refractivity contribution in [2.45, 2.75) is 0 Å². The van der Waals surface area contributed by atoms with E-state index in [2.05, 4.69) is 15.0 Å². The minimum atomic E-state index is -0.476. The van der Waals surface area contributed by atoms with Gasteiger partial charge in [-0.1, -0.05) is 0 Å². The molecular weight excluding hydrogens is 192 g/mol. The number of primary amides is 1. The molecule has 5 nitrogen and oxygen atoms in total. The van der Waals surface area contributed by atoms with E-state index in [4.69, 9.17) is 5.73 Å². The summed E-state index contributed by atoms with van der Waals surface area (Å²) in [6, 6.07) is 0. The van der Waals surface area contributed by atoms with Crippen LogP contribution in [-0.4, -0.2) is 20.9 Å². The van der Waals surface area contributed by atoms with Gasteiger partial charge in [0.15, 0.2) is 0 Å². The lowest BCUT2D eigenvalue weighted by Gasteiger charge is -1.89. The Kier molecular flexibility index (Phi) is 2.48. The second-order valence-corrected chi connectivity index (χ2v) is 2.35. The van der Waals surface area contributed by atoms with E-state index in [0.29, 0.717) is 16.6 Å². The van der Waals surface area contributed by atoms with E-state index in [1.807, 2.05) is 0 Å². The average Bonchev–Trinajstić information content (AvgIpc) is 2.47. The maximum absolute atomic E-state index is 10.8. The van der Waals surface area contributed by atoms with Crippen LogP contribution in [0.2, 0.25) is 0 Å². The van der Waals surface area contributed by atoms with Crippen molar-refractivity contribution in [3.8, 4) is 0 Å². The van der Waals surface area contributed by atoms with Crippen molar-refractivity contribution in [2.24, 2.45) is 5.73 Å². The molecule has 2 rings (SSSR count). The predicted octanol–water partition coefficient (Wildman–Crippen LogP) is 0.479. The van der Waals surface area contributed by atoms with Crippen LogP contribution in [0.4, 0.5) is 0 Å². The predicted molar refractivity (Wildman–Crippen MR) is 49.7 cm³/mol. The molecule has 3 N–H and O–H groups in total. The first-order chi connectivity index (χ1) is 5.79. The Hall–Kier alpha value is -1.62. The topological polar surface area (TPSA) is 84.7 Å². The summed E-state index contributed by atoms with van der Waals surface area (Å²) in [5.41, 5.74) is 6.16. The molecule has 2 aromatic heterocycles. The molecule has 0 radical (unpaired) electrons. The Morgan fingerprint density at radius 1 is 1.54 bits per heavy atom. The number of amides is 1. The monoisotopic (exact) mass is 198 g/mol. The van der Waals surface area contributed by atoms with Crippen LogP contribution in [-0.2, 0) is 0 Å². The first-order valence-electron chi connectivity index (χ1n) is 3.36. The van der Waals surface area contributed by atoms with E-state index >= 15 is 0 Å². The van der Waals surface area contributed by atoms with Gasteiger partial charge in [0.2, 0.25) is 0 Å². The Morgan fingerprint density at radius 2 is 2.31 bits per heavy atom. The number of nitrogens with zero attached hydrogens (tertiary/aromatic N) is 2. The summed E-state index contributed by atoms with van der Waals surface area (Å²) in [6.45, 7) is 0. The highest BCUT2D eigenvalue weighted by atomic mass is 35.5. The zero-order valence-corrected chi connectivity index (χ0v) is 7.34. The van der Waals surface area contributed by atoms with Gasteiger partial charge in [-0.25, -0.2) is 9.97 Å². The number of aromatic amines is 1. The van der Waals surface area contributed by atoms with Gasteiger partial charge in [0.25, 0.3) is 5.91 Å². The molecule has 68 valence electrons. The zero-order chi connectivity index (χ0) is 8.55. The summed E-state index contributed by atoms with van der Waals surface area (Å²) in [5.74, 6) is -0.476. The number of carbonyl (C=O) groups excluding carboxylic acids is 1. The Morgan fingerprint density at radius 3 is 3.00 bits per heavy atom. The van der Waals surface area contributed by atoms with Gasteiger partial charge in [0, 0.05) is 17.8 Å². The molecule has 0 saturated heterocycles. The molecule has 2 heterocycles. The summed E-state index contributed by atoms with van der Waals surface area (Å²) in [4.78, 5) is 21.3. The molecule has 0 spiro atoms. The lowest BCUT2D eigenvalue weighted by atomic mass is 10.2. The standard InChI is InChI=1S/C7H6N4O.ClH/c8-6(12)4-2-10-7-5(4)1-9-3-11-7;/h1-3H,(H2,8,12)(H,9,10,11);1H. The Labute approximate surface area is 79.8 Å². The third-order valence-electron chi connectivity index (χ3n) is 1.62. The fraction of sp³-hybridized carbons (Fsp3) is 0. The van der Waals surface area contributed by atoms with Gasteiger partial charge in [-0.3, -0.25) is 4.79 Å². The lowest BCUT2D eigenvalue weighted by molar-refractivity contribution is 0.100. The molecule has 13 heavy (non-hydrogen) atoms. The number of rotatable bonds is 1. The summed E-state index contributed by atoms with van der Waals surface area (Å²) < 4.78 is 0. The number of halogens is 1. The summed E-state index contributed by atoms with van der Waals surface area (Å²) in [6.07, 6.45) is 4.49. The van der Waals surface area contributed by atoms with Gasteiger partial charge in [-0.15, -0.1) is 12.4 Å². The van der Waals surface area contributed by atoms with Gasteiger partial charge >= 0.3 is 0 Å². The van der Waals surface area contributed by atoms with Crippen molar-refractivity contribution in [2.75, 3.05) is 0 Å². The van der Waals surface area contributed by atoms with Crippen LogP contribution in [0.15, 0.2) is 18.7 Å². The molecule has 0 atom stereocenters. The number of aromatic nitrogens is 3. The third-order valence-corrected chi connectivity index (χ3v) is 1.62. The SMILES string of the molecule is Cl.NC(=O)c1c[nH]c2ncncc12. The average molecular weight is 199 g/mol. The molecule has 0 aliphatic heterocycles. The highest BCUT2D eigenvalue weighted by Gasteiger charge is 2.07. The molecule has 2 aromatic rings. The summed E-state index contributed by atoms with van der Waals surface area (Å²) in [5, 5.41) is 0.657. The van der Waals surface area contributed by atoms with Crippen molar-refractivity contribution in [3.63, 3.8) is 0 Å². The number of H-pyrrole nitrogens is 1. The number of carbonyl (C=O) groups is 1. The van der Waals surface area contributed by atoms with Crippen LogP contribution in [0, 0.1) is 0 Å². The quantitative estimate of drug-likeness (QED) is 0.699. The van der Waals surface area contributed by atoms with E-state index in [-0.39, 0.29) is 12.4 Å². The minimum absolute atomic E-state index is 0. The molecule has 6 heteroatoms. The van der Waals surface area contributed by atoms with Crippen molar-refractivity contribution in [3.05, 3.63) is 24.3 Å². The minimum Gasteiger partial charge on any atom is -0.366 e. The smallest absolute Gasteiger partial charge is 0.250 e. The molecule has 0 aromatic carbocycles. The molecule has 0 saturated carbocycles. The molecule has 0 aliphatic carbocycles. The van der Waals surface area contributed by atoms with Gasteiger partial charge in [-0.05, 0) is 0 Å². The number of nitrogens with two attached hydrogens (primary N) is 1. The van der Waals surface area contributed by atoms with Crippen LogP contribution in [0.1, 0.15) is 10.4 Å². The van der Waals surface area contributed by atoms with Crippen LogP contribution in [0.25, 0.3) is 11.0 Å².